The molecule has 6 nitrogen and oxygen atoms in total. The number of nitro groups is 1. The van der Waals surface area contributed by atoms with Crippen LogP contribution >= 0.6 is 34.5 Å². The number of amides is 1. The number of nitro benzene ring substituents is 1. The zero-order chi connectivity index (χ0) is 22.0. The van der Waals surface area contributed by atoms with Crippen molar-refractivity contribution in [2.75, 3.05) is 5.32 Å². The second-order valence-electron chi connectivity index (χ2n) is 6.47. The summed E-state index contributed by atoms with van der Waals surface area (Å²) in [6.07, 6.45) is 0. The average Bonchev–Trinajstić information content (AvgIpc) is 3.18. The summed E-state index contributed by atoms with van der Waals surface area (Å²) >= 11 is 13.2. The Morgan fingerprint density at radius 2 is 1.42 bits per heavy atom. The first-order chi connectivity index (χ1) is 14.9. The monoisotopic (exact) mass is 469 g/mol. The maximum absolute atomic E-state index is 12.6. The molecule has 0 saturated carbocycles. The molecule has 1 heterocycles. The first kappa shape index (κ1) is 21.0. The molecule has 0 bridgehead atoms. The summed E-state index contributed by atoms with van der Waals surface area (Å²) in [7, 11) is 0. The van der Waals surface area contributed by atoms with E-state index in [1.54, 1.807) is 48.5 Å². The maximum atomic E-state index is 12.6. The van der Waals surface area contributed by atoms with Gasteiger partial charge in [0, 0.05) is 33.3 Å². The minimum Gasteiger partial charge on any atom is -0.298 e. The fourth-order valence-electron chi connectivity index (χ4n) is 2.88. The molecule has 31 heavy (non-hydrogen) atoms. The van der Waals surface area contributed by atoms with E-state index in [2.05, 4.69) is 10.3 Å². The first-order valence-corrected chi connectivity index (χ1v) is 10.6. The molecule has 0 unspecified atom stereocenters. The van der Waals surface area contributed by atoms with Crippen LogP contribution in [0.4, 0.5) is 10.8 Å². The topological polar surface area (TPSA) is 85.1 Å². The van der Waals surface area contributed by atoms with Crippen molar-refractivity contribution < 1.29 is 9.72 Å². The van der Waals surface area contributed by atoms with Gasteiger partial charge in [-0.3, -0.25) is 20.2 Å². The van der Waals surface area contributed by atoms with Gasteiger partial charge in [-0.05, 0) is 54.1 Å². The van der Waals surface area contributed by atoms with Crippen LogP contribution in [0.3, 0.4) is 0 Å². The molecule has 1 N–H and O–H groups in total. The average molecular weight is 470 g/mol. The lowest BCUT2D eigenvalue weighted by Gasteiger charge is -2.03. The minimum absolute atomic E-state index is 0.0108. The number of thiazole rings is 1. The Balaban J connectivity index is 1.72. The molecule has 154 valence electrons. The van der Waals surface area contributed by atoms with E-state index in [-0.39, 0.29) is 11.6 Å². The van der Waals surface area contributed by atoms with E-state index in [9.17, 15) is 14.9 Å². The van der Waals surface area contributed by atoms with Crippen LogP contribution in [0.2, 0.25) is 10.0 Å². The van der Waals surface area contributed by atoms with Crippen molar-refractivity contribution >= 4 is 51.3 Å². The summed E-state index contributed by atoms with van der Waals surface area (Å²) in [6.45, 7) is 0. The van der Waals surface area contributed by atoms with E-state index in [4.69, 9.17) is 23.2 Å². The van der Waals surface area contributed by atoms with Crippen molar-refractivity contribution in [3.63, 3.8) is 0 Å². The van der Waals surface area contributed by atoms with Crippen molar-refractivity contribution in [3.05, 3.63) is 98.5 Å². The first-order valence-electron chi connectivity index (χ1n) is 8.99. The number of carbonyl (C=O) groups is 1. The van der Waals surface area contributed by atoms with Gasteiger partial charge < -0.3 is 0 Å². The van der Waals surface area contributed by atoms with E-state index in [0.29, 0.717) is 32.0 Å². The van der Waals surface area contributed by atoms with E-state index in [1.165, 1.54) is 23.5 Å². The van der Waals surface area contributed by atoms with Crippen LogP contribution in [0.1, 0.15) is 10.4 Å². The Morgan fingerprint density at radius 1 is 0.871 bits per heavy atom. The predicted octanol–water partition coefficient (Wildman–Crippen LogP) is 6.94. The van der Waals surface area contributed by atoms with Crippen LogP contribution in [0.15, 0.2) is 72.8 Å². The Kier molecular flexibility index (Phi) is 5.99. The molecule has 1 amide bonds. The molecule has 4 aromatic rings. The SMILES string of the molecule is O=C(Nc1nc(-c2ccc([N+](=O)[O-])cc2)c(-c2ccc(Cl)cc2)s1)c1ccc(Cl)cc1. The Labute approximate surface area is 191 Å². The molecule has 0 atom stereocenters. The van der Waals surface area contributed by atoms with E-state index in [1.807, 2.05) is 12.1 Å². The van der Waals surface area contributed by atoms with Crippen LogP contribution in [-0.4, -0.2) is 15.8 Å². The number of carbonyl (C=O) groups excluding carboxylic acids is 1. The van der Waals surface area contributed by atoms with Crippen molar-refractivity contribution in [1.29, 1.82) is 0 Å². The van der Waals surface area contributed by atoms with Gasteiger partial charge in [-0.1, -0.05) is 46.7 Å². The molecule has 0 spiro atoms. The predicted molar refractivity (Wildman–Crippen MR) is 124 cm³/mol. The number of non-ortho nitro benzene ring substituents is 1. The fraction of sp³-hybridized carbons (Fsp3) is 0. The molecular formula is C22H13Cl2N3O3S. The third-order valence-corrected chi connectivity index (χ3v) is 5.94. The zero-order valence-electron chi connectivity index (χ0n) is 15.7. The molecule has 9 heteroatoms. The van der Waals surface area contributed by atoms with E-state index >= 15 is 0 Å². The molecule has 0 aliphatic heterocycles. The highest BCUT2D eigenvalue weighted by Gasteiger charge is 2.18. The van der Waals surface area contributed by atoms with Gasteiger partial charge in [-0.25, -0.2) is 4.98 Å². The number of anilines is 1. The maximum Gasteiger partial charge on any atom is 0.269 e. The highest BCUT2D eigenvalue weighted by Crippen LogP contribution is 2.40. The second-order valence-corrected chi connectivity index (χ2v) is 8.34. The van der Waals surface area contributed by atoms with Crippen LogP contribution < -0.4 is 5.32 Å². The number of hydrogen-bond acceptors (Lipinski definition) is 5. The van der Waals surface area contributed by atoms with Crippen LogP contribution in [0, 0.1) is 10.1 Å². The molecule has 0 aliphatic rings. The molecule has 0 aliphatic carbocycles. The summed E-state index contributed by atoms with van der Waals surface area (Å²) in [6, 6.07) is 19.9. The lowest BCUT2D eigenvalue weighted by molar-refractivity contribution is -0.384. The number of rotatable bonds is 5. The van der Waals surface area contributed by atoms with E-state index < -0.39 is 4.92 Å². The number of nitrogens with one attached hydrogen (secondary N) is 1. The molecule has 0 fully saturated rings. The molecule has 3 aromatic carbocycles. The number of halogens is 2. The number of benzene rings is 3. The lowest BCUT2D eigenvalue weighted by Crippen LogP contribution is -2.11. The summed E-state index contributed by atoms with van der Waals surface area (Å²) in [5, 5.41) is 15.3. The van der Waals surface area contributed by atoms with Crippen LogP contribution in [0.5, 0.6) is 0 Å². The summed E-state index contributed by atoms with van der Waals surface area (Å²) in [5.41, 5.74) is 2.60. The van der Waals surface area contributed by atoms with Crippen molar-refractivity contribution in [2.24, 2.45) is 0 Å². The van der Waals surface area contributed by atoms with Gasteiger partial charge in [-0.15, -0.1) is 0 Å². The highest BCUT2D eigenvalue weighted by atomic mass is 35.5. The van der Waals surface area contributed by atoms with Crippen LogP contribution in [0.25, 0.3) is 21.7 Å². The largest absolute Gasteiger partial charge is 0.298 e. The Hall–Kier alpha value is -3.26. The highest BCUT2D eigenvalue weighted by molar-refractivity contribution is 7.19. The van der Waals surface area contributed by atoms with Gasteiger partial charge in [0.2, 0.25) is 0 Å². The summed E-state index contributed by atoms with van der Waals surface area (Å²) in [4.78, 5) is 28.5. The van der Waals surface area contributed by atoms with Crippen LogP contribution in [-0.2, 0) is 0 Å². The van der Waals surface area contributed by atoms with Gasteiger partial charge in [-0.2, -0.15) is 0 Å². The quantitative estimate of drug-likeness (QED) is 0.253. The second kappa shape index (κ2) is 8.85. The van der Waals surface area contributed by atoms with Gasteiger partial charge in [0.25, 0.3) is 11.6 Å². The fourth-order valence-corrected chi connectivity index (χ4v) is 4.12. The normalized spacial score (nSPS) is 10.6. The van der Waals surface area contributed by atoms with Crippen molar-refractivity contribution in [1.82, 2.24) is 4.98 Å². The summed E-state index contributed by atoms with van der Waals surface area (Å²) in [5.74, 6) is -0.316. The molecular weight excluding hydrogens is 457 g/mol. The number of nitrogens with zero attached hydrogens (tertiary/aromatic N) is 2. The van der Waals surface area contributed by atoms with Gasteiger partial charge >= 0.3 is 0 Å². The van der Waals surface area contributed by atoms with Gasteiger partial charge in [0.1, 0.15) is 0 Å². The zero-order valence-corrected chi connectivity index (χ0v) is 18.0. The number of hydrogen-bond donors (Lipinski definition) is 1. The van der Waals surface area contributed by atoms with Gasteiger partial charge in [0.05, 0.1) is 15.5 Å². The van der Waals surface area contributed by atoms with Gasteiger partial charge in [0.15, 0.2) is 5.13 Å². The Morgan fingerprint density at radius 3 is 2.00 bits per heavy atom. The summed E-state index contributed by atoms with van der Waals surface area (Å²) < 4.78 is 0. The molecule has 0 saturated heterocycles. The molecule has 4 rings (SSSR count). The van der Waals surface area contributed by atoms with E-state index in [0.717, 1.165) is 10.4 Å². The van der Waals surface area contributed by atoms with Crippen molar-refractivity contribution in [3.8, 4) is 21.7 Å². The standard InChI is InChI=1S/C22H13Cl2N3O3S/c23-16-7-1-14(2-8-16)20-19(13-5-11-18(12-6-13)27(29)30)25-22(31-20)26-21(28)15-3-9-17(24)10-4-15/h1-12H,(H,25,26,28). The molecule has 1 aromatic heterocycles. The Bertz CT molecular complexity index is 1250. The third kappa shape index (κ3) is 4.74. The molecule has 0 radical (unpaired) electrons. The minimum atomic E-state index is -0.456. The smallest absolute Gasteiger partial charge is 0.269 e. The number of aromatic nitrogens is 1. The van der Waals surface area contributed by atoms with Crippen molar-refractivity contribution in [2.45, 2.75) is 0 Å². The lowest BCUT2D eigenvalue weighted by atomic mass is 10.1. The third-order valence-electron chi connectivity index (χ3n) is 4.41.